The van der Waals surface area contributed by atoms with Gasteiger partial charge in [-0.1, -0.05) is 91.3 Å². The number of carbonyl (C=O) groups excluding carboxylic acids is 1. The number of anilines is 1. The van der Waals surface area contributed by atoms with Gasteiger partial charge in [0.15, 0.2) is 0 Å². The van der Waals surface area contributed by atoms with E-state index in [1.807, 2.05) is 48.5 Å². The third kappa shape index (κ3) is 5.98. The molecule has 4 aromatic rings. The smallest absolute Gasteiger partial charge is 0.369 e. The molecule has 1 aliphatic carbocycles. The van der Waals surface area contributed by atoms with Gasteiger partial charge in [0.1, 0.15) is 12.0 Å². The van der Waals surface area contributed by atoms with Crippen molar-refractivity contribution in [1.82, 2.24) is 10.2 Å². The summed E-state index contributed by atoms with van der Waals surface area (Å²) in [7, 11) is 0. The van der Waals surface area contributed by atoms with Crippen LogP contribution in [0.5, 0.6) is 0 Å². The molecule has 2 aliphatic rings. The summed E-state index contributed by atoms with van der Waals surface area (Å²) in [5.74, 6) is -0.575. The number of halogens is 3. The number of hydrogen-bond acceptors (Lipinski definition) is 3. The van der Waals surface area contributed by atoms with E-state index in [1.54, 1.807) is 0 Å². The lowest BCUT2D eigenvalue weighted by Crippen LogP contribution is -2.47. The Morgan fingerprint density at radius 2 is 1.39 bits per heavy atom. The largest absolute Gasteiger partial charge is 0.405 e. The van der Waals surface area contributed by atoms with Crippen LogP contribution in [-0.2, 0) is 10.2 Å². The number of piperazine rings is 1. The summed E-state index contributed by atoms with van der Waals surface area (Å²) in [4.78, 5) is 18.6. The Bertz CT molecular complexity index is 1580. The molecule has 44 heavy (non-hydrogen) atoms. The Labute approximate surface area is 257 Å². The van der Waals surface area contributed by atoms with Gasteiger partial charge in [0, 0.05) is 31.9 Å². The maximum atomic E-state index is 13.7. The van der Waals surface area contributed by atoms with E-state index in [4.69, 9.17) is 0 Å². The average Bonchev–Trinajstić information content (AvgIpc) is 3.33. The van der Waals surface area contributed by atoms with E-state index >= 15 is 0 Å². The fourth-order valence-electron chi connectivity index (χ4n) is 7.01. The molecule has 0 bridgehead atoms. The van der Waals surface area contributed by atoms with Crippen molar-refractivity contribution in [2.45, 2.75) is 37.8 Å². The highest BCUT2D eigenvalue weighted by atomic mass is 19.4. The summed E-state index contributed by atoms with van der Waals surface area (Å²) >= 11 is 0. The van der Waals surface area contributed by atoms with Crippen molar-refractivity contribution in [2.75, 3.05) is 44.2 Å². The van der Waals surface area contributed by atoms with Crippen molar-refractivity contribution in [3.63, 3.8) is 0 Å². The number of rotatable bonds is 9. The molecule has 0 unspecified atom stereocenters. The highest BCUT2D eigenvalue weighted by Gasteiger charge is 2.49. The molecule has 1 saturated heterocycles. The number of benzene rings is 4. The summed E-state index contributed by atoms with van der Waals surface area (Å²) in [5, 5.41) is 2.24. The predicted octanol–water partition coefficient (Wildman–Crippen LogP) is 7.60. The first-order chi connectivity index (χ1) is 21.3. The Hall–Kier alpha value is -4.10. The zero-order valence-corrected chi connectivity index (χ0v) is 25.0. The topological polar surface area (TPSA) is 35.6 Å². The molecule has 0 radical (unpaired) electrons. The molecule has 228 valence electrons. The Morgan fingerprint density at radius 3 is 2.02 bits per heavy atom. The van der Waals surface area contributed by atoms with Gasteiger partial charge in [-0.15, -0.1) is 0 Å². The third-order valence-electron chi connectivity index (χ3n) is 9.22. The maximum absolute atomic E-state index is 13.7. The highest BCUT2D eigenvalue weighted by molar-refractivity contribution is 6.00. The first-order valence-electron chi connectivity index (χ1n) is 15.4. The molecule has 4 aromatic carbocycles. The number of unbranched alkanes of at least 4 members (excludes halogenated alkanes) is 1. The second kappa shape index (κ2) is 12.5. The van der Waals surface area contributed by atoms with Crippen LogP contribution in [0.2, 0.25) is 0 Å². The van der Waals surface area contributed by atoms with E-state index < -0.39 is 24.0 Å². The van der Waals surface area contributed by atoms with Gasteiger partial charge in [-0.2, -0.15) is 13.2 Å². The van der Waals surface area contributed by atoms with E-state index in [0.717, 1.165) is 67.8 Å². The van der Waals surface area contributed by atoms with Gasteiger partial charge in [-0.25, -0.2) is 0 Å². The number of amides is 1. The second-order valence-electron chi connectivity index (χ2n) is 11.9. The van der Waals surface area contributed by atoms with Crippen LogP contribution in [0.1, 0.15) is 36.0 Å². The van der Waals surface area contributed by atoms with Gasteiger partial charge in [-0.05, 0) is 77.4 Å². The first kappa shape index (κ1) is 29.9. The van der Waals surface area contributed by atoms with Gasteiger partial charge in [0.2, 0.25) is 5.91 Å². The van der Waals surface area contributed by atoms with Gasteiger partial charge >= 0.3 is 6.18 Å². The van der Waals surface area contributed by atoms with E-state index in [1.165, 1.54) is 22.4 Å². The van der Waals surface area contributed by atoms with Gasteiger partial charge in [0.05, 0.1) is 0 Å². The van der Waals surface area contributed by atoms with Crippen molar-refractivity contribution < 1.29 is 18.0 Å². The Morgan fingerprint density at radius 1 is 0.773 bits per heavy atom. The summed E-state index contributed by atoms with van der Waals surface area (Å²) in [5.41, 5.74) is 7.27. The molecule has 1 heterocycles. The minimum atomic E-state index is -4.47. The summed E-state index contributed by atoms with van der Waals surface area (Å²) < 4.78 is 39.5. The van der Waals surface area contributed by atoms with Crippen LogP contribution in [0.15, 0.2) is 97.1 Å². The fourth-order valence-corrected chi connectivity index (χ4v) is 7.01. The third-order valence-corrected chi connectivity index (χ3v) is 9.22. The zero-order chi connectivity index (χ0) is 30.7. The number of fused-ring (bicyclic) bond motifs is 3. The first-order valence-corrected chi connectivity index (χ1v) is 15.4. The molecule has 0 aromatic heterocycles. The lowest BCUT2D eigenvalue weighted by molar-refractivity contribution is -0.141. The van der Waals surface area contributed by atoms with Gasteiger partial charge in [0.25, 0.3) is 0 Å². The second-order valence-corrected chi connectivity index (χ2v) is 11.9. The van der Waals surface area contributed by atoms with Crippen LogP contribution in [0.3, 0.4) is 0 Å². The van der Waals surface area contributed by atoms with Crippen LogP contribution in [0.25, 0.3) is 22.3 Å². The lowest BCUT2D eigenvalue weighted by Gasteiger charge is -2.36. The van der Waals surface area contributed by atoms with E-state index in [-0.39, 0.29) is 0 Å². The van der Waals surface area contributed by atoms with Crippen molar-refractivity contribution >= 4 is 11.6 Å². The highest BCUT2D eigenvalue weighted by Crippen LogP contribution is 2.51. The predicted molar refractivity (Wildman–Crippen MR) is 171 cm³/mol. The average molecular weight is 598 g/mol. The molecule has 1 aliphatic heterocycles. The van der Waals surface area contributed by atoms with E-state index in [2.05, 4.69) is 70.6 Å². The normalized spacial score (nSPS) is 16.0. The Kier molecular flexibility index (Phi) is 8.50. The molecular formula is C37H38F3N3O. The van der Waals surface area contributed by atoms with Crippen LogP contribution < -0.4 is 10.2 Å². The fraction of sp³-hybridized carbons (Fsp3) is 0.324. The van der Waals surface area contributed by atoms with Crippen molar-refractivity contribution in [1.29, 1.82) is 0 Å². The van der Waals surface area contributed by atoms with E-state index in [0.29, 0.717) is 6.42 Å². The van der Waals surface area contributed by atoms with Crippen LogP contribution >= 0.6 is 0 Å². The monoisotopic (exact) mass is 597 g/mol. The number of carbonyl (C=O) groups is 1. The number of alkyl halides is 3. The number of nitrogens with zero attached hydrogens (tertiary/aromatic N) is 2. The van der Waals surface area contributed by atoms with Gasteiger partial charge < -0.3 is 10.2 Å². The summed E-state index contributed by atoms with van der Waals surface area (Å²) in [6.07, 6.45) is -2.43. The van der Waals surface area contributed by atoms with Crippen LogP contribution in [-0.4, -0.2) is 56.3 Å². The van der Waals surface area contributed by atoms with Gasteiger partial charge in [-0.3, -0.25) is 9.69 Å². The molecule has 0 saturated carbocycles. The molecule has 6 rings (SSSR count). The molecule has 0 spiro atoms. The van der Waals surface area contributed by atoms with Crippen molar-refractivity contribution in [3.05, 3.63) is 114 Å². The zero-order valence-electron chi connectivity index (χ0n) is 25.0. The van der Waals surface area contributed by atoms with E-state index in [9.17, 15) is 18.0 Å². The molecule has 1 fully saturated rings. The quantitative estimate of drug-likeness (QED) is 0.202. The standard InChI is InChI=1S/C37H38F3N3O/c1-27-11-2-3-14-30(27)28-12-10-13-29(25-28)43-23-21-42(22-24-43)20-9-8-19-36(35(44)41-26-37(38,39)40)33-17-6-4-15-31(33)32-16-5-7-18-34(32)36/h2-7,10-18,25H,8-9,19-24,26H2,1H3,(H,41,44). The molecule has 1 amide bonds. The summed E-state index contributed by atoms with van der Waals surface area (Å²) in [6.45, 7) is 5.44. The molecule has 4 nitrogen and oxygen atoms in total. The van der Waals surface area contributed by atoms with Crippen molar-refractivity contribution in [2.24, 2.45) is 0 Å². The molecular weight excluding hydrogens is 559 g/mol. The number of aryl methyl sites for hydroxylation is 1. The Balaban J connectivity index is 1.10. The lowest BCUT2D eigenvalue weighted by atomic mass is 9.73. The van der Waals surface area contributed by atoms with Crippen molar-refractivity contribution in [3.8, 4) is 22.3 Å². The number of hydrogen-bond donors (Lipinski definition) is 1. The minimum absolute atomic E-state index is 0.455. The van der Waals surface area contributed by atoms with Crippen LogP contribution in [0, 0.1) is 6.92 Å². The summed E-state index contributed by atoms with van der Waals surface area (Å²) in [6, 6.07) is 32.5. The molecule has 1 N–H and O–H groups in total. The molecule has 7 heteroatoms. The maximum Gasteiger partial charge on any atom is 0.405 e. The van der Waals surface area contributed by atoms with Crippen LogP contribution in [0.4, 0.5) is 18.9 Å². The molecule has 0 atom stereocenters. The number of nitrogens with one attached hydrogen (secondary N) is 1. The SMILES string of the molecule is Cc1ccccc1-c1cccc(N2CCN(CCCCC3(C(=O)NCC(F)(F)F)c4ccccc4-c4ccccc43)CC2)c1. The minimum Gasteiger partial charge on any atom is -0.369 e.